The number of carbonyl (C=O) groups excluding carboxylic acids is 2. The molecule has 0 radical (unpaired) electrons. The van der Waals surface area contributed by atoms with E-state index >= 15 is 0 Å². The van der Waals surface area contributed by atoms with E-state index in [1.54, 1.807) is 19.1 Å². The number of benzene rings is 2. The molecule has 7 heteroatoms. The smallest absolute Gasteiger partial charge is 0.227 e. The van der Waals surface area contributed by atoms with Crippen molar-refractivity contribution < 1.29 is 18.0 Å². The quantitative estimate of drug-likeness (QED) is 0.798. The topological polar surface area (TPSA) is 92.3 Å². The van der Waals surface area contributed by atoms with Crippen molar-refractivity contribution in [3.05, 3.63) is 54.1 Å². The van der Waals surface area contributed by atoms with E-state index in [4.69, 9.17) is 0 Å². The first-order valence-electron chi connectivity index (χ1n) is 8.90. The fourth-order valence-electron chi connectivity index (χ4n) is 3.09. The van der Waals surface area contributed by atoms with Gasteiger partial charge in [0, 0.05) is 23.7 Å². The van der Waals surface area contributed by atoms with E-state index < -0.39 is 9.84 Å². The summed E-state index contributed by atoms with van der Waals surface area (Å²) in [5, 5.41) is 5.63. The van der Waals surface area contributed by atoms with Crippen LogP contribution in [-0.4, -0.2) is 26.0 Å². The van der Waals surface area contributed by atoms with Gasteiger partial charge in [-0.1, -0.05) is 25.1 Å². The fraction of sp³-hybridized carbons (Fsp3) is 0.300. The number of nitrogens with one attached hydrogen (secondary N) is 2. The second-order valence-corrected chi connectivity index (χ2v) is 8.84. The lowest BCUT2D eigenvalue weighted by molar-refractivity contribution is -0.121. The SMILES string of the molecule is CCS(=O)(=O)c1ccc(NC(=O)CCC2Cc3ccccc3NC2=O)cc1. The average molecular weight is 386 g/mol. The lowest BCUT2D eigenvalue weighted by Gasteiger charge is -2.24. The Bertz CT molecular complexity index is 952. The van der Waals surface area contributed by atoms with Gasteiger partial charge in [-0.25, -0.2) is 8.42 Å². The predicted octanol–water partition coefficient (Wildman–Crippen LogP) is 3.01. The molecule has 6 nitrogen and oxygen atoms in total. The van der Waals surface area contributed by atoms with Crippen molar-refractivity contribution >= 4 is 33.0 Å². The van der Waals surface area contributed by atoms with Gasteiger partial charge in [-0.2, -0.15) is 0 Å². The number of rotatable bonds is 6. The number of hydrogen-bond acceptors (Lipinski definition) is 4. The fourth-order valence-corrected chi connectivity index (χ4v) is 3.97. The Morgan fingerprint density at radius 3 is 2.56 bits per heavy atom. The largest absolute Gasteiger partial charge is 0.326 e. The highest BCUT2D eigenvalue weighted by molar-refractivity contribution is 7.91. The van der Waals surface area contributed by atoms with Crippen LogP contribution in [-0.2, 0) is 25.8 Å². The van der Waals surface area contributed by atoms with E-state index in [1.165, 1.54) is 12.1 Å². The number of amides is 2. The normalized spacial score (nSPS) is 16.3. The minimum atomic E-state index is -3.26. The number of carbonyl (C=O) groups is 2. The zero-order chi connectivity index (χ0) is 19.4. The van der Waals surface area contributed by atoms with Gasteiger partial charge in [-0.15, -0.1) is 0 Å². The van der Waals surface area contributed by atoms with E-state index in [0.29, 0.717) is 18.5 Å². The maximum atomic E-state index is 12.2. The molecule has 1 aliphatic rings. The molecule has 142 valence electrons. The Labute approximate surface area is 158 Å². The molecule has 2 amide bonds. The van der Waals surface area contributed by atoms with Crippen molar-refractivity contribution in [3.63, 3.8) is 0 Å². The summed E-state index contributed by atoms with van der Waals surface area (Å²) in [7, 11) is -3.26. The zero-order valence-electron chi connectivity index (χ0n) is 15.1. The first kappa shape index (κ1) is 19.1. The summed E-state index contributed by atoms with van der Waals surface area (Å²) in [6, 6.07) is 13.8. The van der Waals surface area contributed by atoms with Crippen molar-refractivity contribution in [3.8, 4) is 0 Å². The van der Waals surface area contributed by atoms with Crippen LogP contribution >= 0.6 is 0 Å². The van der Waals surface area contributed by atoms with Crippen LogP contribution in [0.25, 0.3) is 0 Å². The van der Waals surface area contributed by atoms with Gasteiger partial charge >= 0.3 is 0 Å². The highest BCUT2D eigenvalue weighted by Gasteiger charge is 2.26. The Hall–Kier alpha value is -2.67. The van der Waals surface area contributed by atoms with Gasteiger partial charge in [0.15, 0.2) is 9.84 Å². The molecule has 0 fully saturated rings. The van der Waals surface area contributed by atoms with E-state index in [1.807, 2.05) is 24.3 Å². The first-order chi connectivity index (χ1) is 12.9. The molecule has 2 N–H and O–H groups in total. The molecule has 27 heavy (non-hydrogen) atoms. The molecular formula is C20H22N2O4S. The number of para-hydroxylation sites is 1. The van der Waals surface area contributed by atoms with Gasteiger partial charge in [-0.05, 0) is 48.7 Å². The third-order valence-electron chi connectivity index (χ3n) is 4.71. The number of fused-ring (bicyclic) bond motifs is 1. The number of hydrogen-bond donors (Lipinski definition) is 2. The third kappa shape index (κ3) is 4.54. The highest BCUT2D eigenvalue weighted by Crippen LogP contribution is 2.27. The maximum absolute atomic E-state index is 12.2. The summed E-state index contributed by atoms with van der Waals surface area (Å²) in [4.78, 5) is 24.6. The van der Waals surface area contributed by atoms with Crippen LogP contribution in [0, 0.1) is 5.92 Å². The molecule has 3 rings (SSSR count). The zero-order valence-corrected chi connectivity index (χ0v) is 15.9. The van der Waals surface area contributed by atoms with E-state index in [-0.39, 0.29) is 34.8 Å². The minimum Gasteiger partial charge on any atom is -0.326 e. The molecule has 2 aromatic rings. The van der Waals surface area contributed by atoms with Gasteiger partial charge < -0.3 is 10.6 Å². The van der Waals surface area contributed by atoms with Gasteiger partial charge in [0.05, 0.1) is 10.6 Å². The predicted molar refractivity (Wildman–Crippen MR) is 104 cm³/mol. The van der Waals surface area contributed by atoms with Gasteiger partial charge in [0.2, 0.25) is 11.8 Å². The summed E-state index contributed by atoms with van der Waals surface area (Å²) in [5.74, 6) is -0.461. The summed E-state index contributed by atoms with van der Waals surface area (Å²) in [6.07, 6.45) is 1.29. The van der Waals surface area contributed by atoms with Crippen molar-refractivity contribution in [2.45, 2.75) is 31.1 Å². The van der Waals surface area contributed by atoms with Crippen LogP contribution in [0.15, 0.2) is 53.4 Å². The summed E-state index contributed by atoms with van der Waals surface area (Å²) < 4.78 is 23.6. The van der Waals surface area contributed by atoms with E-state index in [0.717, 1.165) is 11.3 Å². The van der Waals surface area contributed by atoms with Gasteiger partial charge in [0.25, 0.3) is 0 Å². The molecule has 1 unspecified atom stereocenters. The highest BCUT2D eigenvalue weighted by atomic mass is 32.2. The standard InChI is InChI=1S/C20H22N2O4S/c1-2-27(25,26)17-10-8-16(9-11-17)21-19(23)12-7-15-13-14-5-3-4-6-18(14)22-20(15)24/h3-6,8-11,15H,2,7,12-13H2,1H3,(H,21,23)(H,22,24). The van der Waals surface area contributed by atoms with Crippen LogP contribution < -0.4 is 10.6 Å². The Morgan fingerprint density at radius 2 is 1.85 bits per heavy atom. The summed E-state index contributed by atoms with van der Waals surface area (Å²) >= 11 is 0. The van der Waals surface area contributed by atoms with E-state index in [2.05, 4.69) is 10.6 Å². The second-order valence-electron chi connectivity index (χ2n) is 6.56. The van der Waals surface area contributed by atoms with Crippen molar-refractivity contribution in [1.29, 1.82) is 0 Å². The summed E-state index contributed by atoms with van der Waals surface area (Å²) in [5.41, 5.74) is 2.45. The minimum absolute atomic E-state index is 0.0330. The molecular weight excluding hydrogens is 364 g/mol. The lowest BCUT2D eigenvalue weighted by atomic mass is 9.89. The molecule has 2 aromatic carbocycles. The van der Waals surface area contributed by atoms with E-state index in [9.17, 15) is 18.0 Å². The molecule has 1 atom stereocenters. The van der Waals surface area contributed by atoms with Crippen molar-refractivity contribution in [1.82, 2.24) is 0 Å². The number of anilines is 2. The van der Waals surface area contributed by atoms with Crippen LogP contribution in [0.1, 0.15) is 25.3 Å². The van der Waals surface area contributed by atoms with Crippen molar-refractivity contribution in [2.24, 2.45) is 5.92 Å². The van der Waals surface area contributed by atoms with Crippen molar-refractivity contribution in [2.75, 3.05) is 16.4 Å². The molecule has 0 aliphatic carbocycles. The molecule has 1 aliphatic heterocycles. The monoisotopic (exact) mass is 386 g/mol. The molecule has 0 bridgehead atoms. The second kappa shape index (κ2) is 7.92. The first-order valence-corrected chi connectivity index (χ1v) is 10.6. The van der Waals surface area contributed by atoms with Crippen LogP contribution in [0.4, 0.5) is 11.4 Å². The lowest BCUT2D eigenvalue weighted by Crippen LogP contribution is -2.30. The molecule has 1 heterocycles. The molecule has 0 spiro atoms. The third-order valence-corrected chi connectivity index (χ3v) is 6.46. The Kier molecular flexibility index (Phi) is 5.60. The molecule has 0 saturated heterocycles. The molecule has 0 saturated carbocycles. The van der Waals surface area contributed by atoms with Gasteiger partial charge in [0.1, 0.15) is 0 Å². The summed E-state index contributed by atoms with van der Waals surface area (Å²) in [6.45, 7) is 1.59. The number of sulfone groups is 1. The Morgan fingerprint density at radius 1 is 1.15 bits per heavy atom. The Balaban J connectivity index is 1.55. The maximum Gasteiger partial charge on any atom is 0.227 e. The van der Waals surface area contributed by atoms with Crippen LogP contribution in [0.5, 0.6) is 0 Å². The van der Waals surface area contributed by atoms with Crippen LogP contribution in [0.3, 0.4) is 0 Å². The van der Waals surface area contributed by atoms with Gasteiger partial charge in [-0.3, -0.25) is 9.59 Å². The molecule has 0 aromatic heterocycles. The average Bonchev–Trinajstić information content (AvgIpc) is 2.66. The van der Waals surface area contributed by atoms with Crippen LogP contribution in [0.2, 0.25) is 0 Å².